The lowest BCUT2D eigenvalue weighted by Gasteiger charge is -2.22. The third-order valence-corrected chi connectivity index (χ3v) is 6.21. The number of rotatable bonds is 4. The van der Waals surface area contributed by atoms with Crippen molar-refractivity contribution in [1.29, 1.82) is 0 Å². The summed E-state index contributed by atoms with van der Waals surface area (Å²) in [7, 11) is 0.835. The molecule has 3 rings (SSSR count). The molecule has 22 heavy (non-hydrogen) atoms. The first kappa shape index (κ1) is 15.4. The summed E-state index contributed by atoms with van der Waals surface area (Å²) in [5, 5.41) is 4.49. The zero-order valence-corrected chi connectivity index (χ0v) is 14.1. The molecule has 1 aliphatic heterocycles. The minimum Gasteiger partial charge on any atom is -0.461 e. The third kappa shape index (κ3) is 2.88. The van der Waals surface area contributed by atoms with Crippen molar-refractivity contribution < 1.29 is 12.8 Å². The molecule has 0 spiro atoms. The fourth-order valence-electron chi connectivity index (χ4n) is 2.65. The zero-order chi connectivity index (χ0) is 15.9. The van der Waals surface area contributed by atoms with Gasteiger partial charge in [-0.1, -0.05) is 0 Å². The molecule has 1 fully saturated rings. The molecule has 0 radical (unpaired) electrons. The van der Waals surface area contributed by atoms with E-state index in [2.05, 4.69) is 5.10 Å². The second kappa shape index (κ2) is 5.64. The van der Waals surface area contributed by atoms with E-state index in [1.165, 1.54) is 0 Å². The normalized spacial score (nSPS) is 20.8. The van der Waals surface area contributed by atoms with Gasteiger partial charge in [-0.2, -0.15) is 0 Å². The first-order valence-corrected chi connectivity index (χ1v) is 9.19. The van der Waals surface area contributed by atoms with E-state index < -0.39 is 9.84 Å². The van der Waals surface area contributed by atoms with Crippen LogP contribution in [0.25, 0.3) is 11.6 Å². The molecular weight excluding hydrogens is 324 g/mol. The van der Waals surface area contributed by atoms with Crippen LogP contribution in [0.15, 0.2) is 22.8 Å². The van der Waals surface area contributed by atoms with Gasteiger partial charge in [0.15, 0.2) is 26.2 Å². The van der Waals surface area contributed by atoms with Crippen molar-refractivity contribution in [3.63, 3.8) is 0 Å². The molecule has 0 amide bonds. The standard InChI is InChI=1S/C13H18N4O3S2/c1-15(10-5-7-22(18,19)8-10)9-17-13(21)16(2)12(14-17)11-4-3-6-20-11/h3-4,6,10H,5,7-9H2,1-2H3/t10-/m1/s1. The molecule has 2 aromatic rings. The molecule has 1 atom stereocenters. The molecule has 7 nitrogen and oxygen atoms in total. The summed E-state index contributed by atoms with van der Waals surface area (Å²) in [5.74, 6) is 1.77. The van der Waals surface area contributed by atoms with E-state index in [1.54, 1.807) is 21.6 Å². The summed E-state index contributed by atoms with van der Waals surface area (Å²) < 4.78 is 32.6. The molecule has 0 unspecified atom stereocenters. The summed E-state index contributed by atoms with van der Waals surface area (Å²) in [4.78, 5) is 1.99. The Kier molecular flexibility index (Phi) is 3.96. The number of hydrogen-bond donors (Lipinski definition) is 0. The Balaban J connectivity index is 1.82. The molecule has 0 aromatic carbocycles. The second-order valence-corrected chi connectivity index (χ2v) is 8.19. The second-order valence-electron chi connectivity index (χ2n) is 5.60. The van der Waals surface area contributed by atoms with Crippen LogP contribution in [0.1, 0.15) is 6.42 Å². The Labute approximate surface area is 134 Å². The van der Waals surface area contributed by atoms with E-state index >= 15 is 0 Å². The fourth-order valence-corrected chi connectivity index (χ4v) is 4.64. The average molecular weight is 342 g/mol. The summed E-state index contributed by atoms with van der Waals surface area (Å²) in [6.07, 6.45) is 2.25. The fraction of sp³-hybridized carbons (Fsp3) is 0.538. The number of nitrogens with zero attached hydrogens (tertiary/aromatic N) is 4. The van der Waals surface area contributed by atoms with Crippen LogP contribution in [-0.4, -0.2) is 52.3 Å². The van der Waals surface area contributed by atoms with Crippen LogP contribution in [0, 0.1) is 4.77 Å². The topological polar surface area (TPSA) is 73.3 Å². The van der Waals surface area contributed by atoms with Gasteiger partial charge >= 0.3 is 0 Å². The van der Waals surface area contributed by atoms with Gasteiger partial charge in [0.1, 0.15) is 0 Å². The number of aromatic nitrogens is 3. The van der Waals surface area contributed by atoms with Crippen LogP contribution in [0.4, 0.5) is 0 Å². The molecule has 0 N–H and O–H groups in total. The van der Waals surface area contributed by atoms with Crippen LogP contribution in [-0.2, 0) is 23.6 Å². The molecule has 0 bridgehead atoms. The van der Waals surface area contributed by atoms with Gasteiger partial charge in [0.05, 0.1) is 24.4 Å². The molecule has 120 valence electrons. The average Bonchev–Trinajstić information content (AvgIpc) is 3.15. The van der Waals surface area contributed by atoms with E-state index in [4.69, 9.17) is 16.6 Å². The number of furan rings is 1. The predicted octanol–water partition coefficient (Wildman–Crippen LogP) is 1.29. The number of hydrogen-bond acceptors (Lipinski definition) is 6. The third-order valence-electron chi connectivity index (χ3n) is 3.97. The Bertz CT molecular complexity index is 820. The van der Waals surface area contributed by atoms with Crippen LogP contribution in [0.3, 0.4) is 0 Å². The van der Waals surface area contributed by atoms with Crippen LogP contribution in [0.2, 0.25) is 0 Å². The molecule has 1 saturated heterocycles. The van der Waals surface area contributed by atoms with E-state index in [0.717, 1.165) is 0 Å². The lowest BCUT2D eigenvalue weighted by molar-refractivity contribution is 0.196. The molecule has 0 aliphatic carbocycles. The first-order valence-electron chi connectivity index (χ1n) is 6.96. The maximum atomic E-state index is 11.6. The van der Waals surface area contributed by atoms with Crippen LogP contribution in [0.5, 0.6) is 0 Å². The van der Waals surface area contributed by atoms with Crippen molar-refractivity contribution in [1.82, 2.24) is 19.2 Å². The zero-order valence-electron chi connectivity index (χ0n) is 12.5. The highest BCUT2D eigenvalue weighted by Crippen LogP contribution is 2.20. The van der Waals surface area contributed by atoms with E-state index in [9.17, 15) is 8.42 Å². The van der Waals surface area contributed by atoms with Crippen LogP contribution >= 0.6 is 12.2 Å². The molecule has 2 aromatic heterocycles. The highest BCUT2D eigenvalue weighted by Gasteiger charge is 2.31. The quantitative estimate of drug-likeness (QED) is 0.780. The molecule has 0 saturated carbocycles. The first-order chi connectivity index (χ1) is 10.4. The highest BCUT2D eigenvalue weighted by atomic mass is 32.2. The molecule has 3 heterocycles. The summed E-state index contributed by atoms with van der Waals surface area (Å²) in [6, 6.07) is 3.64. The van der Waals surface area contributed by atoms with Gasteiger partial charge in [-0.3, -0.25) is 4.90 Å². The van der Waals surface area contributed by atoms with Crippen molar-refractivity contribution >= 4 is 22.1 Å². The van der Waals surface area contributed by atoms with Crippen molar-refractivity contribution in [2.45, 2.75) is 19.1 Å². The van der Waals surface area contributed by atoms with Crippen molar-refractivity contribution in [2.75, 3.05) is 18.6 Å². The maximum Gasteiger partial charge on any atom is 0.199 e. The summed E-state index contributed by atoms with van der Waals surface area (Å²) in [6.45, 7) is 0.452. The predicted molar refractivity (Wildman–Crippen MR) is 84.6 cm³/mol. The lowest BCUT2D eigenvalue weighted by Crippen LogP contribution is -2.34. The summed E-state index contributed by atoms with van der Waals surface area (Å²) >= 11 is 5.40. The molecular formula is C13H18N4O3S2. The SMILES string of the molecule is CN(Cn1nc(-c2ccco2)n(C)c1=S)[C@@H]1CCS(=O)(=O)C1. The van der Waals surface area contributed by atoms with Gasteiger partial charge in [-0.25, -0.2) is 13.1 Å². The smallest absolute Gasteiger partial charge is 0.199 e. The van der Waals surface area contributed by atoms with Crippen molar-refractivity contribution in [2.24, 2.45) is 7.05 Å². The van der Waals surface area contributed by atoms with Gasteiger partial charge in [0.2, 0.25) is 0 Å². The molecule has 9 heteroatoms. The van der Waals surface area contributed by atoms with E-state index in [0.29, 0.717) is 29.4 Å². The molecule has 1 aliphatic rings. The minimum atomic E-state index is -2.90. The number of sulfone groups is 1. The monoisotopic (exact) mass is 342 g/mol. The van der Waals surface area contributed by atoms with Gasteiger partial charge in [-0.05, 0) is 37.8 Å². The Morgan fingerprint density at radius 2 is 2.32 bits per heavy atom. The van der Waals surface area contributed by atoms with E-state index in [-0.39, 0.29) is 17.5 Å². The van der Waals surface area contributed by atoms with Gasteiger partial charge < -0.3 is 8.98 Å². The minimum absolute atomic E-state index is 0.0148. The van der Waals surface area contributed by atoms with Gasteiger partial charge in [0.25, 0.3) is 0 Å². The highest BCUT2D eigenvalue weighted by molar-refractivity contribution is 7.91. The van der Waals surface area contributed by atoms with Gasteiger partial charge in [-0.15, -0.1) is 5.10 Å². The lowest BCUT2D eigenvalue weighted by atomic mass is 10.2. The van der Waals surface area contributed by atoms with Crippen LogP contribution < -0.4 is 0 Å². The van der Waals surface area contributed by atoms with Crippen molar-refractivity contribution in [3.8, 4) is 11.6 Å². The maximum absolute atomic E-state index is 11.6. The Morgan fingerprint density at radius 3 is 2.91 bits per heavy atom. The van der Waals surface area contributed by atoms with Gasteiger partial charge in [0, 0.05) is 13.1 Å². The van der Waals surface area contributed by atoms with E-state index in [1.807, 2.05) is 25.1 Å². The van der Waals surface area contributed by atoms with Crippen molar-refractivity contribution in [3.05, 3.63) is 23.2 Å². The summed E-state index contributed by atoms with van der Waals surface area (Å²) in [5.41, 5.74) is 0. The largest absolute Gasteiger partial charge is 0.461 e. The Morgan fingerprint density at radius 1 is 1.55 bits per heavy atom. The Hall–Kier alpha value is -1.45.